The summed E-state index contributed by atoms with van der Waals surface area (Å²) >= 11 is 1.48. The molecule has 0 fully saturated rings. The first-order chi connectivity index (χ1) is 26.9. The molecule has 1 aromatic heterocycles. The Kier molecular flexibility index (Phi) is 24.3. The fourth-order valence-corrected chi connectivity index (χ4v) is 6.54. The van der Waals surface area contributed by atoms with Crippen LogP contribution in [0.1, 0.15) is 144 Å². The third-order valence-electron chi connectivity index (χ3n) is 9.64. The SMILES string of the molecule is CCCCCC(=O)OCC(C)(COCC1(COCC(C)(COC(=O)CCCCC)COC(=O)CCCCC)COc2cscc2OC1)COC(=O)CCCCC. The normalized spacial score (nSPS) is 13.8. The van der Waals surface area contributed by atoms with Crippen LogP contribution >= 0.6 is 11.3 Å². The van der Waals surface area contributed by atoms with E-state index >= 15 is 0 Å². The number of unbranched alkanes of at least 4 members (excludes halogenated alkanes) is 8. The Morgan fingerprint density at radius 2 is 0.839 bits per heavy atom. The van der Waals surface area contributed by atoms with Crippen molar-refractivity contribution < 1.29 is 57.1 Å². The van der Waals surface area contributed by atoms with Crippen molar-refractivity contribution in [2.45, 2.75) is 144 Å². The van der Waals surface area contributed by atoms with E-state index in [9.17, 15) is 19.2 Å². The van der Waals surface area contributed by atoms with Crippen LogP contribution in [0.2, 0.25) is 0 Å². The molecule has 0 saturated heterocycles. The van der Waals surface area contributed by atoms with Crippen LogP contribution in [0, 0.1) is 16.2 Å². The number of fused-ring (bicyclic) bond motifs is 1. The zero-order valence-corrected chi connectivity index (χ0v) is 36.2. The first-order valence-electron chi connectivity index (χ1n) is 21.0. The minimum Gasteiger partial charge on any atom is -0.488 e. The Bertz CT molecular complexity index is 1120. The minimum atomic E-state index is -0.811. The van der Waals surface area contributed by atoms with Crippen molar-refractivity contribution in [3.8, 4) is 11.5 Å². The topological polar surface area (TPSA) is 142 Å². The predicted molar refractivity (Wildman–Crippen MR) is 216 cm³/mol. The van der Waals surface area contributed by atoms with Gasteiger partial charge in [0.2, 0.25) is 0 Å². The maximum atomic E-state index is 12.6. The number of esters is 4. The van der Waals surface area contributed by atoms with Crippen LogP contribution in [-0.4, -0.2) is 89.9 Å². The van der Waals surface area contributed by atoms with Gasteiger partial charge in [0.25, 0.3) is 0 Å². The number of hydrogen-bond acceptors (Lipinski definition) is 13. The fourth-order valence-electron chi connectivity index (χ4n) is 5.86. The van der Waals surface area contributed by atoms with E-state index in [4.69, 9.17) is 37.9 Å². The highest BCUT2D eigenvalue weighted by atomic mass is 32.1. The summed E-state index contributed by atoms with van der Waals surface area (Å²) in [4.78, 5) is 50.3. The number of rotatable bonds is 32. The molecule has 0 radical (unpaired) electrons. The number of carbonyl (C=O) groups excluding carboxylic acids is 4. The highest BCUT2D eigenvalue weighted by molar-refractivity contribution is 7.08. The lowest BCUT2D eigenvalue weighted by molar-refractivity contribution is -0.159. The largest absolute Gasteiger partial charge is 0.488 e. The lowest BCUT2D eigenvalue weighted by atomic mass is 9.90. The monoisotopic (exact) mass is 812 g/mol. The summed E-state index contributed by atoms with van der Waals surface area (Å²) < 4.78 is 48.0. The zero-order valence-electron chi connectivity index (χ0n) is 35.3. The number of thiophene rings is 1. The van der Waals surface area contributed by atoms with Gasteiger partial charge in [-0.1, -0.05) is 92.9 Å². The molecule has 0 amide bonds. The van der Waals surface area contributed by atoms with Crippen LogP contribution in [0.5, 0.6) is 11.5 Å². The van der Waals surface area contributed by atoms with Gasteiger partial charge >= 0.3 is 23.9 Å². The van der Waals surface area contributed by atoms with E-state index in [2.05, 4.69) is 27.7 Å². The summed E-state index contributed by atoms with van der Waals surface area (Å²) in [6.07, 6.45) is 12.1. The van der Waals surface area contributed by atoms with Crippen LogP contribution in [0.15, 0.2) is 10.8 Å². The molecule has 0 unspecified atom stereocenters. The lowest BCUT2D eigenvalue weighted by Gasteiger charge is -2.35. The Morgan fingerprint density at radius 1 is 0.536 bits per heavy atom. The van der Waals surface area contributed by atoms with Gasteiger partial charge in [-0.25, -0.2) is 0 Å². The van der Waals surface area contributed by atoms with Gasteiger partial charge in [-0.3, -0.25) is 19.2 Å². The quantitative estimate of drug-likeness (QED) is 0.0389. The molecule has 322 valence electrons. The van der Waals surface area contributed by atoms with Crippen LogP contribution in [0.3, 0.4) is 0 Å². The second-order valence-corrected chi connectivity index (χ2v) is 17.0. The first kappa shape index (κ1) is 49.2. The van der Waals surface area contributed by atoms with Gasteiger partial charge in [0.1, 0.15) is 39.6 Å². The van der Waals surface area contributed by atoms with Crippen molar-refractivity contribution in [2.75, 3.05) is 66.1 Å². The van der Waals surface area contributed by atoms with Crippen molar-refractivity contribution in [3.05, 3.63) is 10.8 Å². The van der Waals surface area contributed by atoms with Gasteiger partial charge in [0.15, 0.2) is 11.5 Å². The van der Waals surface area contributed by atoms with Gasteiger partial charge in [-0.2, -0.15) is 0 Å². The molecule has 1 aliphatic rings. The molecule has 12 nitrogen and oxygen atoms in total. The summed E-state index contributed by atoms with van der Waals surface area (Å²) in [7, 11) is 0. The van der Waals surface area contributed by atoms with E-state index in [0.717, 1.165) is 77.0 Å². The molecule has 0 bridgehead atoms. The maximum Gasteiger partial charge on any atom is 0.305 e. The molecule has 0 aliphatic carbocycles. The number of hydrogen-bond donors (Lipinski definition) is 0. The minimum absolute atomic E-state index is 0.0282. The van der Waals surface area contributed by atoms with E-state index in [1.165, 1.54) is 11.3 Å². The summed E-state index contributed by atoms with van der Waals surface area (Å²) in [5.41, 5.74) is -2.40. The molecular formula is C43H72O12S. The number of carbonyl (C=O) groups is 4. The second kappa shape index (κ2) is 27.7. The highest BCUT2D eigenvalue weighted by Gasteiger charge is 2.40. The Balaban J connectivity index is 2.17. The predicted octanol–water partition coefficient (Wildman–Crippen LogP) is 9.05. The zero-order chi connectivity index (χ0) is 41.1. The van der Waals surface area contributed by atoms with Crippen molar-refractivity contribution in [1.29, 1.82) is 0 Å². The molecule has 0 atom stereocenters. The van der Waals surface area contributed by atoms with Crippen molar-refractivity contribution >= 4 is 35.2 Å². The molecule has 0 spiro atoms. The van der Waals surface area contributed by atoms with Gasteiger partial charge in [0.05, 0.1) is 42.7 Å². The van der Waals surface area contributed by atoms with Crippen molar-refractivity contribution in [1.82, 2.24) is 0 Å². The lowest BCUT2D eigenvalue weighted by Crippen LogP contribution is -2.45. The number of ether oxygens (including phenoxy) is 8. The van der Waals surface area contributed by atoms with Gasteiger partial charge < -0.3 is 37.9 Å². The molecule has 1 aliphatic heterocycles. The molecule has 2 heterocycles. The van der Waals surface area contributed by atoms with E-state index in [0.29, 0.717) is 37.2 Å². The van der Waals surface area contributed by atoms with Gasteiger partial charge in [-0.05, 0) is 25.7 Å². The second-order valence-electron chi connectivity index (χ2n) is 16.3. The Hall–Kier alpha value is -2.90. The molecule has 0 N–H and O–H groups in total. The first-order valence-corrected chi connectivity index (χ1v) is 21.9. The summed E-state index contributed by atoms with van der Waals surface area (Å²) in [5.74, 6) is 0.120. The molecule has 2 rings (SSSR count). The van der Waals surface area contributed by atoms with Crippen LogP contribution < -0.4 is 9.47 Å². The van der Waals surface area contributed by atoms with Crippen LogP contribution in [0.4, 0.5) is 0 Å². The van der Waals surface area contributed by atoms with Crippen molar-refractivity contribution in [2.24, 2.45) is 16.2 Å². The van der Waals surface area contributed by atoms with Gasteiger partial charge in [0, 0.05) is 36.4 Å². The van der Waals surface area contributed by atoms with Crippen LogP contribution in [0.25, 0.3) is 0 Å². The molecule has 13 heteroatoms. The summed E-state index contributed by atoms with van der Waals surface area (Å²) in [5, 5.41) is 3.77. The van der Waals surface area contributed by atoms with E-state index in [1.807, 2.05) is 24.6 Å². The Labute approximate surface area is 340 Å². The molecule has 56 heavy (non-hydrogen) atoms. The van der Waals surface area contributed by atoms with E-state index < -0.39 is 16.2 Å². The van der Waals surface area contributed by atoms with E-state index in [-0.39, 0.29) is 89.9 Å². The van der Waals surface area contributed by atoms with Crippen LogP contribution in [-0.2, 0) is 47.6 Å². The maximum absolute atomic E-state index is 12.6. The molecule has 0 aromatic carbocycles. The molecular weight excluding hydrogens is 741 g/mol. The third-order valence-corrected chi connectivity index (χ3v) is 10.3. The van der Waals surface area contributed by atoms with Crippen molar-refractivity contribution in [3.63, 3.8) is 0 Å². The third kappa shape index (κ3) is 20.5. The average molecular weight is 813 g/mol. The molecule has 0 saturated carbocycles. The standard InChI is InChI=1S/C43H72O12S/c1-7-11-15-19-37(44)52-27-41(5,28-53-38(45)20-16-12-8-2)25-48-31-43(33-50-35-23-56-24-36(35)51-34-43)32-49-26-42(6,29-54-39(46)21-17-13-9-3)30-55-40(47)22-18-14-10-4/h23-24H,7-22,25-34H2,1-6H3. The highest BCUT2D eigenvalue weighted by Crippen LogP contribution is 2.38. The van der Waals surface area contributed by atoms with Gasteiger partial charge in [-0.15, -0.1) is 11.3 Å². The summed E-state index contributed by atoms with van der Waals surface area (Å²) in [6.45, 7) is 13.2. The summed E-state index contributed by atoms with van der Waals surface area (Å²) in [6, 6.07) is 0. The smallest absolute Gasteiger partial charge is 0.305 e. The average Bonchev–Trinajstić information content (AvgIpc) is 3.57. The molecule has 1 aromatic rings. The van der Waals surface area contributed by atoms with E-state index in [1.54, 1.807) is 0 Å². The fraction of sp³-hybridized carbons (Fsp3) is 0.814. The Morgan fingerprint density at radius 3 is 1.12 bits per heavy atom.